The van der Waals surface area contributed by atoms with Gasteiger partial charge in [0.2, 0.25) is 5.91 Å². The van der Waals surface area contributed by atoms with Crippen LogP contribution < -0.4 is 5.32 Å². The molecule has 4 nitrogen and oxygen atoms in total. The Kier molecular flexibility index (Phi) is 6.96. The summed E-state index contributed by atoms with van der Waals surface area (Å²) in [5, 5.41) is 11.8. The molecular formula is C14H27NO3. The number of rotatable bonds is 7. The van der Waals surface area contributed by atoms with Gasteiger partial charge >= 0.3 is 5.97 Å². The first kappa shape index (κ1) is 16.9. The molecule has 18 heavy (non-hydrogen) atoms. The van der Waals surface area contributed by atoms with Crippen LogP contribution in [0.2, 0.25) is 0 Å². The van der Waals surface area contributed by atoms with Crippen LogP contribution in [-0.4, -0.2) is 23.0 Å². The van der Waals surface area contributed by atoms with E-state index in [2.05, 4.69) is 26.1 Å². The van der Waals surface area contributed by atoms with Crippen molar-refractivity contribution in [3.63, 3.8) is 0 Å². The molecule has 0 aromatic heterocycles. The van der Waals surface area contributed by atoms with Gasteiger partial charge in [-0.15, -0.1) is 0 Å². The molecule has 0 aliphatic carbocycles. The standard InChI is InChI=1S/C14H27NO3/c1-6-10(7-2)12(16)15-11(13(17)18)8-9-14(3,4)5/h10-11H,6-9H2,1-5H3,(H,15,16)(H,17,18). The Morgan fingerprint density at radius 3 is 2.00 bits per heavy atom. The van der Waals surface area contributed by atoms with Crippen LogP contribution in [0.4, 0.5) is 0 Å². The zero-order valence-corrected chi connectivity index (χ0v) is 12.2. The molecule has 0 heterocycles. The van der Waals surface area contributed by atoms with Gasteiger partial charge in [0.1, 0.15) is 6.04 Å². The Morgan fingerprint density at radius 2 is 1.67 bits per heavy atom. The Morgan fingerprint density at radius 1 is 1.17 bits per heavy atom. The quantitative estimate of drug-likeness (QED) is 0.737. The predicted molar refractivity (Wildman–Crippen MR) is 72.3 cm³/mol. The van der Waals surface area contributed by atoms with Gasteiger partial charge in [0.15, 0.2) is 0 Å². The van der Waals surface area contributed by atoms with Gasteiger partial charge in [0.25, 0.3) is 0 Å². The third-order valence-corrected chi connectivity index (χ3v) is 3.15. The highest BCUT2D eigenvalue weighted by molar-refractivity contribution is 5.84. The van der Waals surface area contributed by atoms with E-state index in [1.807, 2.05) is 13.8 Å². The Hall–Kier alpha value is -1.06. The number of carboxylic acid groups (broad SMARTS) is 1. The van der Waals surface area contributed by atoms with Crippen molar-refractivity contribution >= 4 is 11.9 Å². The van der Waals surface area contributed by atoms with Crippen LogP contribution >= 0.6 is 0 Å². The van der Waals surface area contributed by atoms with Crippen LogP contribution in [0, 0.1) is 11.3 Å². The summed E-state index contributed by atoms with van der Waals surface area (Å²) >= 11 is 0. The number of carboxylic acids is 1. The summed E-state index contributed by atoms with van der Waals surface area (Å²) in [6, 6.07) is -0.766. The summed E-state index contributed by atoms with van der Waals surface area (Å²) in [4.78, 5) is 23.0. The molecule has 0 aromatic rings. The molecule has 0 saturated carbocycles. The van der Waals surface area contributed by atoms with Gasteiger partial charge in [0.05, 0.1) is 0 Å². The lowest BCUT2D eigenvalue weighted by Crippen LogP contribution is -2.43. The summed E-state index contributed by atoms with van der Waals surface area (Å²) < 4.78 is 0. The smallest absolute Gasteiger partial charge is 0.326 e. The lowest BCUT2D eigenvalue weighted by Gasteiger charge is -2.23. The third-order valence-electron chi connectivity index (χ3n) is 3.15. The average Bonchev–Trinajstić information content (AvgIpc) is 2.24. The third kappa shape index (κ3) is 6.62. The van der Waals surface area contributed by atoms with Crippen molar-refractivity contribution in [3.05, 3.63) is 0 Å². The molecule has 0 radical (unpaired) electrons. The van der Waals surface area contributed by atoms with Gasteiger partial charge in [-0.05, 0) is 31.1 Å². The molecule has 0 bridgehead atoms. The molecule has 1 amide bonds. The van der Waals surface area contributed by atoms with Crippen molar-refractivity contribution in [2.75, 3.05) is 0 Å². The summed E-state index contributed by atoms with van der Waals surface area (Å²) in [5.41, 5.74) is 0.0767. The Bertz CT molecular complexity index is 277. The fourth-order valence-corrected chi connectivity index (χ4v) is 1.78. The molecular weight excluding hydrogens is 230 g/mol. The lowest BCUT2D eigenvalue weighted by atomic mass is 9.88. The first-order chi connectivity index (χ1) is 8.21. The molecule has 0 spiro atoms. The van der Waals surface area contributed by atoms with E-state index in [4.69, 9.17) is 5.11 Å². The van der Waals surface area contributed by atoms with Crippen molar-refractivity contribution in [1.82, 2.24) is 5.32 Å². The SMILES string of the molecule is CCC(CC)C(=O)NC(CCC(C)(C)C)C(=O)O. The first-order valence-electron chi connectivity index (χ1n) is 6.74. The maximum atomic E-state index is 11.9. The Balaban J connectivity index is 4.45. The monoisotopic (exact) mass is 257 g/mol. The maximum absolute atomic E-state index is 11.9. The Labute approximate surface area is 110 Å². The molecule has 0 aliphatic heterocycles. The molecule has 4 heteroatoms. The second-order valence-electron chi connectivity index (χ2n) is 6.01. The number of hydrogen-bond donors (Lipinski definition) is 2. The summed E-state index contributed by atoms with van der Waals surface area (Å²) in [6.45, 7) is 10.1. The van der Waals surface area contributed by atoms with Gasteiger partial charge in [-0.25, -0.2) is 4.79 Å². The second kappa shape index (κ2) is 7.39. The molecule has 0 aliphatic rings. The molecule has 0 saturated heterocycles. The molecule has 1 atom stereocenters. The number of aliphatic carboxylic acids is 1. The van der Waals surface area contributed by atoms with E-state index < -0.39 is 12.0 Å². The van der Waals surface area contributed by atoms with Crippen LogP contribution in [-0.2, 0) is 9.59 Å². The molecule has 2 N–H and O–H groups in total. The molecule has 1 unspecified atom stereocenters. The highest BCUT2D eigenvalue weighted by atomic mass is 16.4. The van der Waals surface area contributed by atoms with Gasteiger partial charge in [-0.3, -0.25) is 4.79 Å². The predicted octanol–water partition coefficient (Wildman–Crippen LogP) is 2.82. The summed E-state index contributed by atoms with van der Waals surface area (Å²) in [7, 11) is 0. The van der Waals surface area contributed by atoms with Gasteiger partial charge < -0.3 is 10.4 Å². The van der Waals surface area contributed by atoms with Crippen molar-refractivity contribution in [3.8, 4) is 0 Å². The van der Waals surface area contributed by atoms with Gasteiger partial charge in [0, 0.05) is 5.92 Å². The largest absolute Gasteiger partial charge is 0.480 e. The minimum absolute atomic E-state index is 0.0767. The first-order valence-corrected chi connectivity index (χ1v) is 6.74. The van der Waals surface area contributed by atoms with E-state index in [0.29, 0.717) is 6.42 Å². The highest BCUT2D eigenvalue weighted by Crippen LogP contribution is 2.22. The lowest BCUT2D eigenvalue weighted by molar-refractivity contribution is -0.142. The summed E-state index contributed by atoms with van der Waals surface area (Å²) in [6.07, 6.45) is 2.74. The van der Waals surface area contributed by atoms with Crippen molar-refractivity contribution in [1.29, 1.82) is 0 Å². The minimum atomic E-state index is -0.946. The minimum Gasteiger partial charge on any atom is -0.480 e. The molecule has 0 fully saturated rings. The number of carbonyl (C=O) groups excluding carboxylic acids is 1. The maximum Gasteiger partial charge on any atom is 0.326 e. The number of nitrogens with one attached hydrogen (secondary N) is 1. The van der Waals surface area contributed by atoms with Gasteiger partial charge in [-0.2, -0.15) is 0 Å². The summed E-state index contributed by atoms with van der Waals surface area (Å²) in [5.74, 6) is -1.17. The topological polar surface area (TPSA) is 66.4 Å². The fourth-order valence-electron chi connectivity index (χ4n) is 1.78. The molecule has 106 valence electrons. The second-order valence-corrected chi connectivity index (χ2v) is 6.01. The molecule has 0 aromatic carbocycles. The van der Waals surface area contributed by atoms with Gasteiger partial charge in [-0.1, -0.05) is 34.6 Å². The zero-order chi connectivity index (χ0) is 14.3. The van der Waals surface area contributed by atoms with Crippen molar-refractivity contribution in [2.45, 2.75) is 66.3 Å². The van der Waals surface area contributed by atoms with Crippen LogP contribution in [0.25, 0.3) is 0 Å². The van der Waals surface area contributed by atoms with E-state index in [1.165, 1.54) is 0 Å². The van der Waals surface area contributed by atoms with Crippen LogP contribution in [0.5, 0.6) is 0 Å². The average molecular weight is 257 g/mol. The van der Waals surface area contributed by atoms with E-state index >= 15 is 0 Å². The van der Waals surface area contributed by atoms with E-state index in [0.717, 1.165) is 19.3 Å². The van der Waals surface area contributed by atoms with E-state index in [-0.39, 0.29) is 17.2 Å². The normalized spacial score (nSPS) is 13.4. The van der Waals surface area contributed by atoms with E-state index in [1.54, 1.807) is 0 Å². The highest BCUT2D eigenvalue weighted by Gasteiger charge is 2.25. The van der Waals surface area contributed by atoms with Crippen molar-refractivity contribution in [2.24, 2.45) is 11.3 Å². The number of amides is 1. The van der Waals surface area contributed by atoms with Crippen LogP contribution in [0.3, 0.4) is 0 Å². The molecule has 0 rings (SSSR count). The van der Waals surface area contributed by atoms with Crippen molar-refractivity contribution < 1.29 is 14.7 Å². The van der Waals surface area contributed by atoms with Crippen LogP contribution in [0.1, 0.15) is 60.3 Å². The van der Waals surface area contributed by atoms with Crippen LogP contribution in [0.15, 0.2) is 0 Å². The number of hydrogen-bond acceptors (Lipinski definition) is 2. The van der Waals surface area contributed by atoms with E-state index in [9.17, 15) is 9.59 Å². The fraction of sp³-hybridized carbons (Fsp3) is 0.857. The zero-order valence-electron chi connectivity index (χ0n) is 12.2. The number of carbonyl (C=O) groups is 2.